The number of hydrogen-bond donors (Lipinski definition) is 2. The number of amides is 1. The third kappa shape index (κ3) is 4.55. The van der Waals surface area contributed by atoms with Gasteiger partial charge in [-0.25, -0.2) is 9.97 Å². The van der Waals surface area contributed by atoms with Crippen LogP contribution in [-0.2, 0) is 17.5 Å². The van der Waals surface area contributed by atoms with Crippen LogP contribution in [-0.4, -0.2) is 49.3 Å². The number of fused-ring (bicyclic) bond motifs is 1. The summed E-state index contributed by atoms with van der Waals surface area (Å²) in [6.45, 7) is 4.32. The summed E-state index contributed by atoms with van der Waals surface area (Å²) in [5.74, 6) is -0.342. The highest BCUT2D eigenvalue weighted by molar-refractivity contribution is 5.92. The standard InChI is InChI=1S/C22H24F3N5O3/c1-3-30-17-6-5-14(22(23,24)25)9-15(17)28-19(30)18(21(32)7-4-8-33-12-21)29-20(31)16-11-26-13(2)10-27-16/h5-6,9-11,18,32H,3-4,7-8,12H2,1-2H3,(H,29,31)/t18-,21+/m1/s1. The van der Waals surface area contributed by atoms with Gasteiger partial charge in [0.1, 0.15) is 23.2 Å². The zero-order valence-electron chi connectivity index (χ0n) is 18.2. The number of alkyl halides is 3. The Kier molecular flexibility index (Phi) is 6.10. The molecule has 0 spiro atoms. The summed E-state index contributed by atoms with van der Waals surface area (Å²) in [6, 6.07) is 2.27. The highest BCUT2D eigenvalue weighted by Crippen LogP contribution is 2.36. The van der Waals surface area contributed by atoms with E-state index in [-0.39, 0.29) is 23.6 Å². The Morgan fingerprint density at radius 3 is 2.73 bits per heavy atom. The van der Waals surface area contributed by atoms with Gasteiger partial charge in [0.15, 0.2) is 0 Å². The van der Waals surface area contributed by atoms with Crippen molar-refractivity contribution >= 4 is 16.9 Å². The van der Waals surface area contributed by atoms with Crippen LogP contribution in [0.5, 0.6) is 0 Å². The van der Waals surface area contributed by atoms with E-state index in [1.807, 2.05) is 6.92 Å². The maximum Gasteiger partial charge on any atom is 0.416 e. The third-order valence-corrected chi connectivity index (χ3v) is 5.76. The van der Waals surface area contributed by atoms with E-state index in [0.29, 0.717) is 37.2 Å². The Balaban J connectivity index is 1.80. The molecule has 3 heterocycles. The van der Waals surface area contributed by atoms with E-state index in [0.717, 1.165) is 12.1 Å². The molecule has 4 rings (SSSR count). The topological polar surface area (TPSA) is 102 Å². The average molecular weight is 463 g/mol. The number of imidazole rings is 1. The van der Waals surface area contributed by atoms with Gasteiger partial charge in [-0.3, -0.25) is 9.78 Å². The molecule has 1 aliphatic heterocycles. The number of ether oxygens (including phenoxy) is 1. The van der Waals surface area contributed by atoms with E-state index in [2.05, 4.69) is 20.3 Å². The average Bonchev–Trinajstić information content (AvgIpc) is 3.15. The highest BCUT2D eigenvalue weighted by Gasteiger charge is 2.44. The minimum absolute atomic E-state index is 0.0458. The Labute approximate surface area is 187 Å². The summed E-state index contributed by atoms with van der Waals surface area (Å²) in [7, 11) is 0. The van der Waals surface area contributed by atoms with E-state index in [1.54, 1.807) is 11.5 Å². The predicted octanol–water partition coefficient (Wildman–Crippen LogP) is 3.19. The van der Waals surface area contributed by atoms with Crippen LogP contribution < -0.4 is 5.32 Å². The van der Waals surface area contributed by atoms with Crippen LogP contribution in [0.15, 0.2) is 30.6 Å². The van der Waals surface area contributed by atoms with Gasteiger partial charge in [0, 0.05) is 19.3 Å². The molecule has 11 heteroatoms. The SMILES string of the molecule is CCn1c([C@@H](NC(=O)c2cnc(C)cn2)[C@]2(O)CCCOC2)nc2cc(C(F)(F)F)ccc21. The number of rotatable bonds is 5. The molecule has 0 saturated carbocycles. The number of aliphatic hydroxyl groups is 1. The third-order valence-electron chi connectivity index (χ3n) is 5.76. The van der Waals surface area contributed by atoms with E-state index in [4.69, 9.17) is 4.74 Å². The van der Waals surface area contributed by atoms with E-state index < -0.39 is 29.3 Å². The molecule has 1 aliphatic rings. The Bertz CT molecular complexity index is 1150. The number of aromatic nitrogens is 4. The fraction of sp³-hybridized carbons (Fsp3) is 0.455. The van der Waals surface area contributed by atoms with Crippen LogP contribution in [0.25, 0.3) is 11.0 Å². The van der Waals surface area contributed by atoms with Gasteiger partial charge in [-0.2, -0.15) is 13.2 Å². The van der Waals surface area contributed by atoms with Crippen molar-refractivity contribution in [1.82, 2.24) is 24.8 Å². The lowest BCUT2D eigenvalue weighted by molar-refractivity contribution is -0.137. The molecule has 2 N–H and O–H groups in total. The molecule has 0 bridgehead atoms. The largest absolute Gasteiger partial charge is 0.416 e. The van der Waals surface area contributed by atoms with Crippen LogP contribution in [0.2, 0.25) is 0 Å². The van der Waals surface area contributed by atoms with E-state index >= 15 is 0 Å². The molecule has 1 fully saturated rings. The number of carbonyl (C=O) groups is 1. The number of halogens is 3. The molecule has 1 aromatic carbocycles. The molecule has 33 heavy (non-hydrogen) atoms. The monoisotopic (exact) mass is 463 g/mol. The molecule has 176 valence electrons. The van der Waals surface area contributed by atoms with E-state index in [9.17, 15) is 23.1 Å². The molecular weight excluding hydrogens is 439 g/mol. The van der Waals surface area contributed by atoms with Gasteiger partial charge in [0.05, 0.1) is 35.1 Å². The van der Waals surface area contributed by atoms with Crippen molar-refractivity contribution < 1.29 is 27.8 Å². The first-order valence-electron chi connectivity index (χ1n) is 10.6. The highest BCUT2D eigenvalue weighted by atomic mass is 19.4. The smallest absolute Gasteiger partial charge is 0.385 e. The number of benzene rings is 1. The number of nitrogens with zero attached hydrogens (tertiary/aromatic N) is 4. The second kappa shape index (κ2) is 8.71. The lowest BCUT2D eigenvalue weighted by Gasteiger charge is -2.38. The number of nitrogens with one attached hydrogen (secondary N) is 1. The van der Waals surface area contributed by atoms with Crippen LogP contribution in [0.1, 0.15) is 53.4 Å². The Morgan fingerprint density at radius 1 is 1.33 bits per heavy atom. The minimum atomic E-state index is -4.52. The first-order chi connectivity index (χ1) is 15.6. The van der Waals surface area contributed by atoms with Crippen molar-refractivity contribution in [1.29, 1.82) is 0 Å². The normalized spacial score (nSPS) is 20.1. The molecule has 3 aromatic rings. The van der Waals surface area contributed by atoms with Crippen molar-refractivity contribution in [2.24, 2.45) is 0 Å². The Hall–Kier alpha value is -3.05. The van der Waals surface area contributed by atoms with Crippen LogP contribution in [0.3, 0.4) is 0 Å². The fourth-order valence-corrected chi connectivity index (χ4v) is 4.06. The maximum atomic E-state index is 13.2. The molecule has 1 amide bonds. The molecular formula is C22H24F3N5O3. The first kappa shape index (κ1) is 23.1. The van der Waals surface area contributed by atoms with Gasteiger partial charge in [-0.05, 0) is 44.9 Å². The summed E-state index contributed by atoms with van der Waals surface area (Å²) >= 11 is 0. The lowest BCUT2D eigenvalue weighted by Crippen LogP contribution is -2.52. The van der Waals surface area contributed by atoms with Crippen LogP contribution >= 0.6 is 0 Å². The summed E-state index contributed by atoms with van der Waals surface area (Å²) in [5.41, 5.74) is -1.06. The van der Waals surface area contributed by atoms with Gasteiger partial charge < -0.3 is 19.7 Å². The van der Waals surface area contributed by atoms with Crippen molar-refractivity contribution in [3.05, 3.63) is 53.4 Å². The molecule has 0 radical (unpaired) electrons. The fourth-order valence-electron chi connectivity index (χ4n) is 4.06. The van der Waals surface area contributed by atoms with Gasteiger partial charge in [0.25, 0.3) is 5.91 Å². The number of aryl methyl sites for hydroxylation is 2. The van der Waals surface area contributed by atoms with Crippen LogP contribution in [0, 0.1) is 6.92 Å². The van der Waals surface area contributed by atoms with Gasteiger partial charge in [-0.1, -0.05) is 0 Å². The maximum absolute atomic E-state index is 13.2. The summed E-state index contributed by atoms with van der Waals surface area (Å²) in [4.78, 5) is 25.6. The molecule has 0 unspecified atom stereocenters. The molecule has 1 saturated heterocycles. The van der Waals surface area contributed by atoms with Crippen molar-refractivity contribution in [2.45, 2.75) is 51.1 Å². The molecule has 2 atom stereocenters. The van der Waals surface area contributed by atoms with Gasteiger partial charge in [-0.15, -0.1) is 0 Å². The first-order valence-corrected chi connectivity index (χ1v) is 10.6. The zero-order chi connectivity index (χ0) is 23.8. The van der Waals surface area contributed by atoms with Gasteiger partial charge >= 0.3 is 6.18 Å². The number of hydrogen-bond acceptors (Lipinski definition) is 6. The summed E-state index contributed by atoms with van der Waals surface area (Å²) in [5, 5.41) is 14.2. The summed E-state index contributed by atoms with van der Waals surface area (Å²) in [6.07, 6.45) is -0.878. The molecule has 8 nitrogen and oxygen atoms in total. The number of carbonyl (C=O) groups excluding carboxylic acids is 1. The zero-order valence-corrected chi connectivity index (χ0v) is 18.2. The lowest BCUT2D eigenvalue weighted by atomic mass is 9.87. The Morgan fingerprint density at radius 2 is 2.12 bits per heavy atom. The van der Waals surface area contributed by atoms with E-state index in [1.165, 1.54) is 18.5 Å². The second-order valence-corrected chi connectivity index (χ2v) is 8.12. The summed E-state index contributed by atoms with van der Waals surface area (Å²) < 4.78 is 46.9. The minimum Gasteiger partial charge on any atom is -0.385 e. The second-order valence-electron chi connectivity index (χ2n) is 8.12. The molecule has 0 aliphatic carbocycles. The predicted molar refractivity (Wildman–Crippen MR) is 112 cm³/mol. The quantitative estimate of drug-likeness (QED) is 0.603. The van der Waals surface area contributed by atoms with Crippen molar-refractivity contribution in [3.8, 4) is 0 Å². The van der Waals surface area contributed by atoms with Gasteiger partial charge in [0.2, 0.25) is 0 Å². The van der Waals surface area contributed by atoms with Crippen LogP contribution in [0.4, 0.5) is 13.2 Å². The molecule has 2 aromatic heterocycles. The van der Waals surface area contributed by atoms with Crippen molar-refractivity contribution in [2.75, 3.05) is 13.2 Å². The van der Waals surface area contributed by atoms with Crippen molar-refractivity contribution in [3.63, 3.8) is 0 Å².